The van der Waals surface area contributed by atoms with Crippen molar-refractivity contribution in [3.8, 4) is 0 Å². The predicted molar refractivity (Wildman–Crippen MR) is 114 cm³/mol. The number of carbonyl (C=O) groups is 1. The monoisotopic (exact) mass is 415 g/mol. The van der Waals surface area contributed by atoms with Gasteiger partial charge >= 0.3 is 6.03 Å². The van der Waals surface area contributed by atoms with Crippen molar-refractivity contribution in [1.29, 1.82) is 0 Å². The number of carbonyl (C=O) groups excluding carboxylic acids is 1. The van der Waals surface area contributed by atoms with E-state index in [1.165, 1.54) is 24.7 Å². The number of nitrogens with one attached hydrogen (secondary N) is 2. The van der Waals surface area contributed by atoms with Crippen molar-refractivity contribution < 1.29 is 13.2 Å². The number of amides is 2. The van der Waals surface area contributed by atoms with Crippen LogP contribution in [-0.2, 0) is 9.84 Å². The molecule has 7 heteroatoms. The van der Waals surface area contributed by atoms with Gasteiger partial charge in [-0.15, -0.1) is 0 Å². The number of likely N-dealkylation sites (tertiary alicyclic amines) is 1. The van der Waals surface area contributed by atoms with Crippen LogP contribution in [0, 0.1) is 0 Å². The number of rotatable bonds is 7. The fourth-order valence-corrected chi connectivity index (χ4v) is 4.34. The fourth-order valence-electron chi connectivity index (χ4n) is 3.71. The van der Waals surface area contributed by atoms with Crippen molar-refractivity contribution >= 4 is 15.9 Å². The molecule has 0 saturated carbocycles. The average molecular weight is 416 g/mol. The van der Waals surface area contributed by atoms with Crippen LogP contribution in [0.1, 0.15) is 43.0 Å². The van der Waals surface area contributed by atoms with Gasteiger partial charge in [0.05, 0.1) is 17.0 Å². The topological polar surface area (TPSA) is 78.5 Å². The van der Waals surface area contributed by atoms with E-state index in [0.29, 0.717) is 6.54 Å². The summed E-state index contributed by atoms with van der Waals surface area (Å²) in [5, 5.41) is 5.94. The van der Waals surface area contributed by atoms with Gasteiger partial charge in [-0.2, -0.15) is 0 Å². The minimum Gasteiger partial charge on any atom is -0.336 e. The van der Waals surface area contributed by atoms with Gasteiger partial charge in [0.15, 0.2) is 9.84 Å². The van der Waals surface area contributed by atoms with Gasteiger partial charge in [-0.3, -0.25) is 4.90 Å². The third-order valence-electron chi connectivity index (χ3n) is 5.38. The van der Waals surface area contributed by atoms with Crippen LogP contribution in [0.2, 0.25) is 0 Å². The van der Waals surface area contributed by atoms with E-state index < -0.39 is 9.84 Å². The van der Waals surface area contributed by atoms with Crippen LogP contribution in [0.4, 0.5) is 4.79 Å². The number of hydrogen-bond acceptors (Lipinski definition) is 4. The highest BCUT2D eigenvalue weighted by Crippen LogP contribution is 2.24. The smallest absolute Gasteiger partial charge is 0.315 e. The molecule has 0 spiro atoms. The number of sulfone groups is 1. The maximum Gasteiger partial charge on any atom is 0.315 e. The predicted octanol–water partition coefficient (Wildman–Crippen LogP) is 3.29. The molecule has 3 rings (SSSR count). The molecule has 1 saturated heterocycles. The first-order chi connectivity index (χ1) is 13.8. The normalized spacial score (nSPS) is 16.9. The number of benzene rings is 2. The van der Waals surface area contributed by atoms with Crippen LogP contribution in [0.25, 0.3) is 0 Å². The molecular formula is C22H29N3O3S. The van der Waals surface area contributed by atoms with E-state index in [0.717, 1.165) is 18.7 Å². The van der Waals surface area contributed by atoms with E-state index >= 15 is 0 Å². The Morgan fingerprint density at radius 1 is 1.00 bits per heavy atom. The molecule has 1 fully saturated rings. The highest BCUT2D eigenvalue weighted by molar-refractivity contribution is 7.90. The summed E-state index contributed by atoms with van der Waals surface area (Å²) in [6.07, 6.45) is 3.56. The van der Waals surface area contributed by atoms with Crippen molar-refractivity contribution in [1.82, 2.24) is 15.5 Å². The summed E-state index contributed by atoms with van der Waals surface area (Å²) in [6.45, 7) is 4.51. The van der Waals surface area contributed by atoms with Crippen molar-refractivity contribution in [2.45, 2.75) is 36.7 Å². The molecule has 29 heavy (non-hydrogen) atoms. The molecule has 2 aromatic carbocycles. The molecule has 6 nitrogen and oxygen atoms in total. The molecule has 2 N–H and O–H groups in total. The van der Waals surface area contributed by atoms with Gasteiger partial charge in [0.25, 0.3) is 0 Å². The summed E-state index contributed by atoms with van der Waals surface area (Å²) in [5.41, 5.74) is 2.06. The standard InChI is InChI=1S/C22H29N3O3S/c1-17(18-10-12-20(13-11-18)29(2,27)28)24-22(26)23-16-21(25-14-6-7-15-25)19-8-4-3-5-9-19/h3-5,8-13,17,21H,6-7,14-16H2,1-2H3,(H2,23,24,26). The summed E-state index contributed by atoms with van der Waals surface area (Å²) in [4.78, 5) is 15.2. The lowest BCUT2D eigenvalue weighted by molar-refractivity contribution is 0.219. The van der Waals surface area contributed by atoms with Gasteiger partial charge < -0.3 is 10.6 Å². The molecule has 2 atom stereocenters. The quantitative estimate of drug-likeness (QED) is 0.727. The Balaban J connectivity index is 1.58. The first kappa shape index (κ1) is 21.3. The molecule has 2 amide bonds. The lowest BCUT2D eigenvalue weighted by Gasteiger charge is -2.28. The zero-order valence-electron chi connectivity index (χ0n) is 17.0. The van der Waals surface area contributed by atoms with Crippen molar-refractivity contribution in [2.75, 3.05) is 25.9 Å². The molecule has 1 heterocycles. The zero-order valence-corrected chi connectivity index (χ0v) is 17.8. The van der Waals surface area contributed by atoms with E-state index in [9.17, 15) is 13.2 Å². The van der Waals surface area contributed by atoms with Crippen LogP contribution in [0.5, 0.6) is 0 Å². The molecule has 0 radical (unpaired) electrons. The second-order valence-corrected chi connectivity index (χ2v) is 9.60. The van der Waals surface area contributed by atoms with Crippen LogP contribution >= 0.6 is 0 Å². The molecule has 156 valence electrons. The summed E-state index contributed by atoms with van der Waals surface area (Å²) in [5.74, 6) is 0. The minimum atomic E-state index is -3.23. The summed E-state index contributed by atoms with van der Waals surface area (Å²) < 4.78 is 23.2. The Hall–Kier alpha value is -2.38. The summed E-state index contributed by atoms with van der Waals surface area (Å²) in [6, 6.07) is 16.6. The van der Waals surface area contributed by atoms with Gasteiger partial charge in [-0.1, -0.05) is 42.5 Å². The van der Waals surface area contributed by atoms with Crippen molar-refractivity contribution in [3.63, 3.8) is 0 Å². The Morgan fingerprint density at radius 2 is 1.62 bits per heavy atom. The van der Waals surface area contributed by atoms with Gasteiger partial charge in [-0.25, -0.2) is 13.2 Å². The maximum absolute atomic E-state index is 12.5. The van der Waals surface area contributed by atoms with E-state index in [4.69, 9.17) is 0 Å². The molecule has 0 aromatic heterocycles. The van der Waals surface area contributed by atoms with Crippen LogP contribution < -0.4 is 10.6 Å². The third kappa shape index (κ3) is 5.81. The van der Waals surface area contributed by atoms with E-state index in [-0.39, 0.29) is 23.0 Å². The Labute approximate surface area is 173 Å². The van der Waals surface area contributed by atoms with Crippen molar-refractivity contribution in [3.05, 3.63) is 65.7 Å². The highest BCUT2D eigenvalue weighted by atomic mass is 32.2. The van der Waals surface area contributed by atoms with Crippen LogP contribution in [-0.4, -0.2) is 45.2 Å². The van der Waals surface area contributed by atoms with Crippen LogP contribution in [0.3, 0.4) is 0 Å². The van der Waals surface area contributed by atoms with E-state index in [2.05, 4.69) is 27.7 Å². The molecular weight excluding hydrogens is 386 g/mol. The lowest BCUT2D eigenvalue weighted by atomic mass is 10.1. The van der Waals surface area contributed by atoms with E-state index in [1.807, 2.05) is 25.1 Å². The summed E-state index contributed by atoms with van der Waals surface area (Å²) >= 11 is 0. The molecule has 0 bridgehead atoms. The first-order valence-corrected chi connectivity index (χ1v) is 11.9. The molecule has 1 aliphatic rings. The van der Waals surface area contributed by atoms with Gasteiger partial charge in [0, 0.05) is 12.8 Å². The SMILES string of the molecule is CC(NC(=O)NCC(c1ccccc1)N1CCCC1)c1ccc(S(C)(=O)=O)cc1. The number of nitrogens with zero attached hydrogens (tertiary/aromatic N) is 1. The van der Waals surface area contributed by atoms with Crippen LogP contribution in [0.15, 0.2) is 59.5 Å². The number of urea groups is 1. The van der Waals surface area contributed by atoms with Gasteiger partial charge in [-0.05, 0) is 56.1 Å². The Morgan fingerprint density at radius 3 is 2.21 bits per heavy atom. The second kappa shape index (κ2) is 9.41. The molecule has 0 aliphatic carbocycles. The lowest BCUT2D eigenvalue weighted by Crippen LogP contribution is -2.42. The zero-order chi connectivity index (χ0) is 20.9. The van der Waals surface area contributed by atoms with E-state index in [1.54, 1.807) is 24.3 Å². The Bertz CT molecular complexity index is 908. The minimum absolute atomic E-state index is 0.161. The van der Waals surface area contributed by atoms with Crippen molar-refractivity contribution in [2.24, 2.45) is 0 Å². The molecule has 1 aliphatic heterocycles. The van der Waals surface area contributed by atoms with Gasteiger partial charge in [0.1, 0.15) is 0 Å². The summed E-state index contributed by atoms with van der Waals surface area (Å²) in [7, 11) is -3.23. The molecule has 2 aromatic rings. The third-order valence-corrected chi connectivity index (χ3v) is 6.51. The highest BCUT2D eigenvalue weighted by Gasteiger charge is 2.24. The maximum atomic E-state index is 12.5. The second-order valence-electron chi connectivity index (χ2n) is 7.59. The Kier molecular flexibility index (Phi) is 6.92. The average Bonchev–Trinajstić information content (AvgIpc) is 3.23. The van der Waals surface area contributed by atoms with Gasteiger partial charge in [0.2, 0.25) is 0 Å². The first-order valence-electron chi connectivity index (χ1n) is 9.98. The fraction of sp³-hybridized carbons (Fsp3) is 0.409. The largest absolute Gasteiger partial charge is 0.336 e. The molecule has 2 unspecified atom stereocenters. The number of hydrogen-bond donors (Lipinski definition) is 2.